The summed E-state index contributed by atoms with van der Waals surface area (Å²) in [5, 5.41) is 1.99. The smallest absolute Gasteiger partial charge is 0.254 e. The number of carbonyl (C=O) groups excluding carboxylic acids is 2. The summed E-state index contributed by atoms with van der Waals surface area (Å²) >= 11 is 1.58. The van der Waals surface area contributed by atoms with Gasteiger partial charge in [0.25, 0.3) is 5.91 Å². The van der Waals surface area contributed by atoms with Crippen molar-refractivity contribution in [3.63, 3.8) is 0 Å². The molecule has 1 aromatic heterocycles. The second-order valence-corrected chi connectivity index (χ2v) is 9.82. The number of nitrogens with zero attached hydrogens (tertiary/aromatic N) is 2. The summed E-state index contributed by atoms with van der Waals surface area (Å²) in [5.74, 6) is 1.41. The van der Waals surface area contributed by atoms with Crippen molar-refractivity contribution in [2.45, 2.75) is 32.2 Å². The van der Waals surface area contributed by atoms with Crippen LogP contribution < -0.4 is 9.47 Å². The van der Waals surface area contributed by atoms with Gasteiger partial charge in [0.1, 0.15) is 0 Å². The molecule has 6 nitrogen and oxygen atoms in total. The zero-order valence-electron chi connectivity index (χ0n) is 18.8. The minimum atomic E-state index is -0.492. The minimum absolute atomic E-state index is 0.0737. The normalized spacial score (nSPS) is 25.9. The lowest BCUT2D eigenvalue weighted by Gasteiger charge is -2.43. The standard InChI is InChI=1S/C24H30N2O4S/c1-14-9-15(2)13-26(12-14)24(28)21-16-10-18(29-4)19(30-5)11-17(16)23(27)25(3)22(21)20-7-6-8-31-20/h6-8,10-11,14-15,21-22H,9,12-13H2,1-5H3/t14-,15+,21-,22+/m0/s1. The maximum atomic E-state index is 14.0. The van der Waals surface area contributed by atoms with Crippen LogP contribution in [0.1, 0.15) is 53.0 Å². The van der Waals surface area contributed by atoms with Crippen LogP contribution in [0.5, 0.6) is 11.5 Å². The van der Waals surface area contributed by atoms with Gasteiger partial charge in [0.2, 0.25) is 5.91 Å². The molecule has 2 aliphatic heterocycles. The first-order valence-corrected chi connectivity index (χ1v) is 11.6. The van der Waals surface area contributed by atoms with Gasteiger partial charge in [-0.2, -0.15) is 0 Å². The summed E-state index contributed by atoms with van der Waals surface area (Å²) in [7, 11) is 4.91. The van der Waals surface area contributed by atoms with Gasteiger partial charge in [-0.15, -0.1) is 11.3 Å². The average Bonchev–Trinajstić information content (AvgIpc) is 3.28. The Bertz CT molecular complexity index is 964. The van der Waals surface area contributed by atoms with E-state index in [1.807, 2.05) is 28.5 Å². The number of benzene rings is 1. The Morgan fingerprint density at radius 1 is 1.10 bits per heavy atom. The molecule has 0 spiro atoms. The third-order valence-corrected chi connectivity index (χ3v) is 7.40. The first kappa shape index (κ1) is 21.7. The number of fused-ring (bicyclic) bond motifs is 1. The fourth-order valence-corrected chi connectivity index (χ4v) is 6.07. The van der Waals surface area contributed by atoms with Crippen molar-refractivity contribution in [1.29, 1.82) is 0 Å². The molecule has 1 saturated heterocycles. The van der Waals surface area contributed by atoms with Crippen molar-refractivity contribution >= 4 is 23.2 Å². The highest BCUT2D eigenvalue weighted by atomic mass is 32.1. The molecule has 1 aromatic carbocycles. The topological polar surface area (TPSA) is 59.1 Å². The molecule has 3 heterocycles. The fourth-order valence-electron chi connectivity index (χ4n) is 5.17. The van der Waals surface area contributed by atoms with Gasteiger partial charge in [0, 0.05) is 30.6 Å². The minimum Gasteiger partial charge on any atom is -0.493 e. The number of hydrogen-bond donors (Lipinski definition) is 0. The van der Waals surface area contributed by atoms with Crippen molar-refractivity contribution in [2.75, 3.05) is 34.4 Å². The molecule has 0 saturated carbocycles. The van der Waals surface area contributed by atoms with E-state index in [9.17, 15) is 9.59 Å². The van der Waals surface area contributed by atoms with E-state index in [1.54, 1.807) is 43.6 Å². The van der Waals surface area contributed by atoms with Crippen molar-refractivity contribution in [2.24, 2.45) is 11.8 Å². The van der Waals surface area contributed by atoms with Crippen LogP contribution in [-0.4, -0.2) is 56.0 Å². The zero-order chi connectivity index (χ0) is 22.3. The quantitative estimate of drug-likeness (QED) is 0.713. The van der Waals surface area contributed by atoms with Gasteiger partial charge in [-0.3, -0.25) is 9.59 Å². The number of rotatable bonds is 4. The molecule has 1 fully saturated rings. The molecule has 7 heteroatoms. The highest BCUT2D eigenvalue weighted by Crippen LogP contribution is 2.47. The van der Waals surface area contributed by atoms with Gasteiger partial charge in [-0.05, 0) is 47.4 Å². The molecular weight excluding hydrogens is 412 g/mol. The molecule has 2 aromatic rings. The van der Waals surface area contributed by atoms with Crippen LogP contribution in [0.4, 0.5) is 0 Å². The summed E-state index contributed by atoms with van der Waals surface area (Å²) in [4.78, 5) is 32.1. The molecule has 2 aliphatic rings. The summed E-state index contributed by atoms with van der Waals surface area (Å²) in [6.45, 7) is 5.89. The lowest BCUT2D eigenvalue weighted by molar-refractivity contribution is -0.137. The van der Waals surface area contributed by atoms with Gasteiger partial charge >= 0.3 is 0 Å². The van der Waals surface area contributed by atoms with Crippen molar-refractivity contribution < 1.29 is 19.1 Å². The number of piperidine rings is 1. The Balaban J connectivity index is 1.87. The molecular formula is C24H30N2O4S. The van der Waals surface area contributed by atoms with E-state index in [4.69, 9.17) is 9.47 Å². The van der Waals surface area contributed by atoms with Gasteiger partial charge < -0.3 is 19.3 Å². The number of likely N-dealkylation sites (N-methyl/N-ethyl adjacent to an activating group) is 1. The lowest BCUT2D eigenvalue weighted by atomic mass is 9.80. The van der Waals surface area contributed by atoms with Crippen LogP contribution in [0.15, 0.2) is 29.6 Å². The van der Waals surface area contributed by atoms with E-state index in [1.165, 1.54) is 0 Å². The second kappa shape index (κ2) is 8.54. The summed E-state index contributed by atoms with van der Waals surface area (Å²) < 4.78 is 11.0. The predicted molar refractivity (Wildman–Crippen MR) is 121 cm³/mol. The summed E-state index contributed by atoms with van der Waals surface area (Å²) in [6, 6.07) is 7.15. The maximum Gasteiger partial charge on any atom is 0.254 e. The Morgan fingerprint density at radius 3 is 2.32 bits per heavy atom. The molecule has 0 radical (unpaired) electrons. The Hall–Kier alpha value is -2.54. The van der Waals surface area contributed by atoms with Crippen LogP contribution in [0.25, 0.3) is 0 Å². The first-order valence-electron chi connectivity index (χ1n) is 10.7. The molecule has 0 aliphatic carbocycles. The van der Waals surface area contributed by atoms with Crippen LogP contribution >= 0.6 is 11.3 Å². The van der Waals surface area contributed by atoms with E-state index in [2.05, 4.69) is 13.8 Å². The molecule has 31 heavy (non-hydrogen) atoms. The molecule has 166 valence electrons. The molecule has 2 amide bonds. The number of amides is 2. The van der Waals surface area contributed by atoms with Gasteiger partial charge in [-0.25, -0.2) is 0 Å². The Labute approximate surface area is 187 Å². The highest BCUT2D eigenvalue weighted by Gasteiger charge is 2.46. The molecule has 0 bridgehead atoms. The van der Waals surface area contributed by atoms with Crippen molar-refractivity contribution in [3.8, 4) is 11.5 Å². The van der Waals surface area contributed by atoms with E-state index >= 15 is 0 Å². The number of hydrogen-bond acceptors (Lipinski definition) is 5. The van der Waals surface area contributed by atoms with E-state index in [-0.39, 0.29) is 17.9 Å². The van der Waals surface area contributed by atoms with Crippen molar-refractivity contribution in [1.82, 2.24) is 9.80 Å². The Kier molecular flexibility index (Phi) is 5.97. The van der Waals surface area contributed by atoms with Gasteiger partial charge in [0.15, 0.2) is 11.5 Å². The number of carbonyl (C=O) groups is 2. The summed E-state index contributed by atoms with van der Waals surface area (Å²) in [5.41, 5.74) is 1.22. The van der Waals surface area contributed by atoms with Crippen LogP contribution in [0.3, 0.4) is 0 Å². The monoisotopic (exact) mass is 442 g/mol. The van der Waals surface area contributed by atoms with E-state index in [0.29, 0.717) is 28.9 Å². The van der Waals surface area contributed by atoms with E-state index in [0.717, 1.165) is 30.0 Å². The van der Waals surface area contributed by atoms with Crippen molar-refractivity contribution in [3.05, 3.63) is 45.6 Å². The fraction of sp³-hybridized carbons (Fsp3) is 0.500. The van der Waals surface area contributed by atoms with Gasteiger partial charge in [-0.1, -0.05) is 19.9 Å². The second-order valence-electron chi connectivity index (χ2n) is 8.84. The molecule has 4 atom stereocenters. The third-order valence-electron chi connectivity index (χ3n) is 6.46. The summed E-state index contributed by atoms with van der Waals surface area (Å²) in [6.07, 6.45) is 1.13. The average molecular weight is 443 g/mol. The van der Waals surface area contributed by atoms with Crippen LogP contribution in [0, 0.1) is 11.8 Å². The predicted octanol–water partition coefficient (Wildman–Crippen LogP) is 4.18. The number of methoxy groups -OCH3 is 2. The number of ether oxygens (including phenoxy) is 2. The molecule has 0 unspecified atom stereocenters. The van der Waals surface area contributed by atoms with Crippen LogP contribution in [0.2, 0.25) is 0 Å². The first-order chi connectivity index (χ1) is 14.8. The van der Waals surface area contributed by atoms with Gasteiger partial charge in [0.05, 0.1) is 26.2 Å². The Morgan fingerprint density at radius 2 is 1.74 bits per heavy atom. The highest BCUT2D eigenvalue weighted by molar-refractivity contribution is 7.10. The lowest BCUT2D eigenvalue weighted by Crippen LogP contribution is -2.50. The van der Waals surface area contributed by atoms with Crippen LogP contribution in [-0.2, 0) is 4.79 Å². The largest absolute Gasteiger partial charge is 0.493 e. The number of likely N-dealkylation sites (tertiary alicyclic amines) is 1. The SMILES string of the molecule is COc1cc2c(cc1OC)[C@H](C(=O)N1C[C@H](C)C[C@H](C)C1)[C@@H](c1cccs1)N(C)C2=O. The maximum absolute atomic E-state index is 14.0. The van der Waals surface area contributed by atoms with E-state index < -0.39 is 5.92 Å². The third kappa shape index (κ3) is 3.80. The molecule has 4 rings (SSSR count). The molecule has 0 N–H and O–H groups in total. The number of thiophene rings is 1. The zero-order valence-corrected chi connectivity index (χ0v) is 19.6.